The largest absolute Gasteiger partial charge is 0.382 e. The van der Waals surface area contributed by atoms with Gasteiger partial charge in [0.05, 0.1) is 18.2 Å². The van der Waals surface area contributed by atoms with Crippen molar-refractivity contribution in [3.63, 3.8) is 0 Å². The van der Waals surface area contributed by atoms with Crippen LogP contribution in [0.25, 0.3) is 11.0 Å². The van der Waals surface area contributed by atoms with Crippen molar-refractivity contribution in [3.8, 4) is 0 Å². The second kappa shape index (κ2) is 5.75. The average Bonchev–Trinajstić information content (AvgIpc) is 2.78. The molecule has 0 aliphatic rings. The Balaban J connectivity index is 2.27. The SMILES string of the molecule is CCNCC(COC)n1nnc2ccccc21. The van der Waals surface area contributed by atoms with E-state index >= 15 is 0 Å². The van der Waals surface area contributed by atoms with E-state index in [-0.39, 0.29) is 6.04 Å². The molecule has 0 saturated carbocycles. The van der Waals surface area contributed by atoms with Crippen molar-refractivity contribution in [3.05, 3.63) is 24.3 Å². The van der Waals surface area contributed by atoms with Crippen LogP contribution in [0.4, 0.5) is 0 Å². The summed E-state index contributed by atoms with van der Waals surface area (Å²) in [6.07, 6.45) is 0. The molecule has 1 N–H and O–H groups in total. The highest BCUT2D eigenvalue weighted by atomic mass is 16.5. The first-order valence-electron chi connectivity index (χ1n) is 5.86. The summed E-state index contributed by atoms with van der Waals surface area (Å²) >= 11 is 0. The first-order valence-corrected chi connectivity index (χ1v) is 5.86. The van der Waals surface area contributed by atoms with E-state index < -0.39 is 0 Å². The van der Waals surface area contributed by atoms with E-state index in [0.717, 1.165) is 24.1 Å². The number of aromatic nitrogens is 3. The van der Waals surface area contributed by atoms with E-state index in [2.05, 4.69) is 22.6 Å². The number of likely N-dealkylation sites (N-methyl/N-ethyl adjacent to an activating group) is 1. The van der Waals surface area contributed by atoms with Gasteiger partial charge in [-0.2, -0.15) is 0 Å². The molecule has 17 heavy (non-hydrogen) atoms. The molecule has 0 aliphatic heterocycles. The van der Waals surface area contributed by atoms with Crippen molar-refractivity contribution in [2.75, 3.05) is 26.8 Å². The number of para-hydroxylation sites is 1. The van der Waals surface area contributed by atoms with Gasteiger partial charge >= 0.3 is 0 Å². The minimum atomic E-state index is 0.173. The van der Waals surface area contributed by atoms with Gasteiger partial charge in [0.25, 0.3) is 0 Å². The number of hydrogen-bond donors (Lipinski definition) is 1. The molecule has 0 bridgehead atoms. The number of nitrogens with zero attached hydrogens (tertiary/aromatic N) is 3. The number of nitrogens with one attached hydrogen (secondary N) is 1. The van der Waals surface area contributed by atoms with Gasteiger partial charge < -0.3 is 10.1 Å². The zero-order valence-electron chi connectivity index (χ0n) is 10.3. The lowest BCUT2D eigenvalue weighted by Gasteiger charge is -2.17. The fourth-order valence-corrected chi connectivity index (χ4v) is 1.88. The van der Waals surface area contributed by atoms with Gasteiger partial charge in [0.1, 0.15) is 5.52 Å². The van der Waals surface area contributed by atoms with Crippen LogP contribution < -0.4 is 5.32 Å². The van der Waals surface area contributed by atoms with Gasteiger partial charge in [-0.3, -0.25) is 0 Å². The minimum Gasteiger partial charge on any atom is -0.382 e. The molecular formula is C12H18N4O. The standard InChI is InChI=1S/C12H18N4O/c1-3-13-8-10(9-17-2)16-12-7-5-4-6-11(12)14-15-16/h4-7,10,13H,3,8-9H2,1-2H3. The van der Waals surface area contributed by atoms with Crippen LogP contribution in [0.2, 0.25) is 0 Å². The van der Waals surface area contributed by atoms with Crippen LogP contribution in [0.1, 0.15) is 13.0 Å². The summed E-state index contributed by atoms with van der Waals surface area (Å²) in [6, 6.07) is 8.14. The molecule has 5 nitrogen and oxygen atoms in total. The maximum atomic E-state index is 5.25. The number of methoxy groups -OCH3 is 1. The highest BCUT2D eigenvalue weighted by molar-refractivity contribution is 5.73. The summed E-state index contributed by atoms with van der Waals surface area (Å²) in [4.78, 5) is 0. The molecule has 1 unspecified atom stereocenters. The van der Waals surface area contributed by atoms with Gasteiger partial charge in [0.15, 0.2) is 0 Å². The van der Waals surface area contributed by atoms with Gasteiger partial charge in [-0.1, -0.05) is 24.3 Å². The van der Waals surface area contributed by atoms with Crippen molar-refractivity contribution in [2.24, 2.45) is 0 Å². The fraction of sp³-hybridized carbons (Fsp3) is 0.500. The first kappa shape index (κ1) is 12.0. The molecule has 2 aromatic rings. The average molecular weight is 234 g/mol. The number of hydrogen-bond acceptors (Lipinski definition) is 4. The van der Waals surface area contributed by atoms with Gasteiger partial charge in [-0.05, 0) is 18.7 Å². The van der Waals surface area contributed by atoms with Crippen LogP contribution in [0, 0.1) is 0 Å². The normalized spacial score (nSPS) is 13.1. The molecule has 1 aromatic heterocycles. The Morgan fingerprint density at radius 1 is 1.41 bits per heavy atom. The minimum absolute atomic E-state index is 0.173. The monoisotopic (exact) mass is 234 g/mol. The van der Waals surface area contributed by atoms with Crippen LogP contribution >= 0.6 is 0 Å². The summed E-state index contributed by atoms with van der Waals surface area (Å²) in [5.74, 6) is 0. The fourth-order valence-electron chi connectivity index (χ4n) is 1.88. The van der Waals surface area contributed by atoms with E-state index in [4.69, 9.17) is 4.74 Å². The summed E-state index contributed by atoms with van der Waals surface area (Å²) in [7, 11) is 1.71. The van der Waals surface area contributed by atoms with E-state index in [1.54, 1.807) is 7.11 Å². The molecule has 92 valence electrons. The number of rotatable bonds is 6. The Labute approximate surface area is 101 Å². The molecule has 5 heteroatoms. The summed E-state index contributed by atoms with van der Waals surface area (Å²) in [5, 5.41) is 11.7. The Hall–Kier alpha value is -1.46. The molecule has 1 heterocycles. The molecule has 0 radical (unpaired) electrons. The van der Waals surface area contributed by atoms with Crippen LogP contribution in [0.5, 0.6) is 0 Å². The van der Waals surface area contributed by atoms with Gasteiger partial charge in [0.2, 0.25) is 0 Å². The number of ether oxygens (including phenoxy) is 1. The molecule has 1 aromatic carbocycles. The van der Waals surface area contributed by atoms with Crippen molar-refractivity contribution in [1.82, 2.24) is 20.3 Å². The molecule has 2 rings (SSSR count). The van der Waals surface area contributed by atoms with Crippen LogP contribution in [-0.4, -0.2) is 41.8 Å². The second-order valence-corrected chi connectivity index (χ2v) is 3.94. The maximum Gasteiger partial charge on any atom is 0.113 e. The molecule has 0 aliphatic carbocycles. The number of benzene rings is 1. The third-order valence-electron chi connectivity index (χ3n) is 2.71. The lowest BCUT2D eigenvalue weighted by molar-refractivity contribution is 0.149. The first-order chi connectivity index (χ1) is 8.36. The van der Waals surface area contributed by atoms with Crippen molar-refractivity contribution in [2.45, 2.75) is 13.0 Å². The predicted octanol–water partition coefficient (Wildman–Crippen LogP) is 1.23. The molecular weight excluding hydrogens is 216 g/mol. The highest BCUT2D eigenvalue weighted by Gasteiger charge is 2.14. The quantitative estimate of drug-likeness (QED) is 0.816. The highest BCUT2D eigenvalue weighted by Crippen LogP contribution is 2.15. The van der Waals surface area contributed by atoms with Crippen LogP contribution in [0.3, 0.4) is 0 Å². The van der Waals surface area contributed by atoms with Crippen molar-refractivity contribution in [1.29, 1.82) is 0 Å². The molecule has 0 fully saturated rings. The van der Waals surface area contributed by atoms with E-state index in [0.29, 0.717) is 6.61 Å². The number of fused-ring (bicyclic) bond motifs is 1. The summed E-state index contributed by atoms with van der Waals surface area (Å²) < 4.78 is 7.18. The van der Waals surface area contributed by atoms with E-state index in [1.807, 2.05) is 28.9 Å². The lowest BCUT2D eigenvalue weighted by Crippen LogP contribution is -2.29. The maximum absolute atomic E-state index is 5.25. The van der Waals surface area contributed by atoms with E-state index in [1.165, 1.54) is 0 Å². The van der Waals surface area contributed by atoms with Crippen molar-refractivity contribution >= 4 is 11.0 Å². The van der Waals surface area contributed by atoms with Crippen LogP contribution in [0.15, 0.2) is 24.3 Å². The zero-order chi connectivity index (χ0) is 12.1. The molecule has 1 atom stereocenters. The van der Waals surface area contributed by atoms with Crippen LogP contribution in [-0.2, 0) is 4.74 Å². The predicted molar refractivity (Wildman–Crippen MR) is 67.0 cm³/mol. The van der Waals surface area contributed by atoms with Gasteiger partial charge in [0, 0.05) is 13.7 Å². The third kappa shape index (κ3) is 2.62. The Bertz CT molecular complexity index is 468. The van der Waals surface area contributed by atoms with Gasteiger partial charge in [-0.15, -0.1) is 5.10 Å². The topological polar surface area (TPSA) is 52.0 Å². The molecule has 0 saturated heterocycles. The Morgan fingerprint density at radius 2 is 2.24 bits per heavy atom. The lowest BCUT2D eigenvalue weighted by atomic mass is 10.2. The van der Waals surface area contributed by atoms with E-state index in [9.17, 15) is 0 Å². The van der Waals surface area contributed by atoms with Gasteiger partial charge in [-0.25, -0.2) is 4.68 Å². The smallest absolute Gasteiger partial charge is 0.113 e. The zero-order valence-corrected chi connectivity index (χ0v) is 10.3. The second-order valence-electron chi connectivity index (χ2n) is 3.94. The summed E-state index contributed by atoms with van der Waals surface area (Å²) in [5.41, 5.74) is 1.97. The molecule has 0 amide bonds. The Kier molecular flexibility index (Phi) is 4.06. The summed E-state index contributed by atoms with van der Waals surface area (Å²) in [6.45, 7) is 4.48. The third-order valence-corrected chi connectivity index (χ3v) is 2.71. The molecule has 0 spiro atoms. The Morgan fingerprint density at radius 3 is 3.00 bits per heavy atom. The van der Waals surface area contributed by atoms with Crippen molar-refractivity contribution < 1.29 is 4.74 Å².